The molecule has 0 bridgehead atoms. The second-order valence-electron chi connectivity index (χ2n) is 17.3. The second-order valence-corrected chi connectivity index (χ2v) is 17.3. The fraction of sp³-hybridized carbons (Fsp3) is 0.0667. The number of nitrogens with zero attached hydrogens (tertiary/aromatic N) is 1. The van der Waals surface area contributed by atoms with E-state index in [1.807, 2.05) is 0 Å². The van der Waals surface area contributed by atoms with E-state index in [4.69, 9.17) is 0 Å². The van der Waals surface area contributed by atoms with Crippen molar-refractivity contribution in [3.8, 4) is 33.4 Å². The average molecular weight is 778 g/mol. The summed E-state index contributed by atoms with van der Waals surface area (Å²) in [5.41, 5.74) is 18.3. The van der Waals surface area contributed by atoms with Gasteiger partial charge in [0.25, 0.3) is 0 Å². The SMILES string of the molecule is CC1(C)c2ccccc2-c2ccc(N(c3ccc(-c4ccc5c(ccc6ccccc65)c4)cc3)c3ccc4c(c3)C(c3ccccc3)(c3ccccc3)c3ccccc3-4)cc21. The Labute approximate surface area is 357 Å². The molecule has 10 aromatic rings. The summed E-state index contributed by atoms with van der Waals surface area (Å²) in [6, 6.07) is 83.6. The summed E-state index contributed by atoms with van der Waals surface area (Å²) in [4.78, 5) is 2.47. The van der Waals surface area contributed by atoms with Crippen LogP contribution >= 0.6 is 0 Å². The predicted octanol–water partition coefficient (Wildman–Crippen LogP) is 15.8. The minimum atomic E-state index is -0.497. The van der Waals surface area contributed by atoms with Crippen LogP contribution < -0.4 is 4.90 Å². The molecular formula is C60H43N. The molecule has 0 radical (unpaired) electrons. The second kappa shape index (κ2) is 13.5. The number of hydrogen-bond donors (Lipinski definition) is 0. The molecule has 0 heterocycles. The zero-order valence-corrected chi connectivity index (χ0v) is 34.3. The first-order valence-corrected chi connectivity index (χ1v) is 21.4. The maximum Gasteiger partial charge on any atom is 0.0714 e. The lowest BCUT2D eigenvalue weighted by atomic mass is 9.67. The van der Waals surface area contributed by atoms with Crippen molar-refractivity contribution >= 4 is 38.6 Å². The summed E-state index contributed by atoms with van der Waals surface area (Å²) in [5, 5.41) is 5.10. The van der Waals surface area contributed by atoms with Crippen LogP contribution in [0.25, 0.3) is 54.9 Å². The van der Waals surface area contributed by atoms with Crippen molar-refractivity contribution in [3.05, 3.63) is 258 Å². The predicted molar refractivity (Wildman–Crippen MR) is 256 cm³/mol. The van der Waals surface area contributed by atoms with Crippen LogP contribution in [-0.4, -0.2) is 0 Å². The first-order chi connectivity index (χ1) is 30.0. The van der Waals surface area contributed by atoms with Crippen LogP contribution in [0.15, 0.2) is 224 Å². The molecule has 12 rings (SSSR count). The minimum Gasteiger partial charge on any atom is -0.310 e. The molecule has 0 amide bonds. The summed E-state index contributed by atoms with van der Waals surface area (Å²) < 4.78 is 0. The van der Waals surface area contributed by atoms with E-state index in [0.29, 0.717) is 0 Å². The van der Waals surface area contributed by atoms with Gasteiger partial charge in [-0.2, -0.15) is 0 Å². The van der Waals surface area contributed by atoms with Gasteiger partial charge in [-0.25, -0.2) is 0 Å². The summed E-state index contributed by atoms with van der Waals surface area (Å²) >= 11 is 0. The molecule has 0 unspecified atom stereocenters. The van der Waals surface area contributed by atoms with E-state index in [9.17, 15) is 0 Å². The Morgan fingerprint density at radius 3 is 1.51 bits per heavy atom. The van der Waals surface area contributed by atoms with Crippen LogP contribution in [0.4, 0.5) is 17.1 Å². The third-order valence-corrected chi connectivity index (χ3v) is 13.7. The zero-order valence-electron chi connectivity index (χ0n) is 34.3. The smallest absolute Gasteiger partial charge is 0.0714 e. The van der Waals surface area contributed by atoms with Gasteiger partial charge < -0.3 is 4.90 Å². The van der Waals surface area contributed by atoms with E-state index in [-0.39, 0.29) is 5.41 Å². The van der Waals surface area contributed by atoms with E-state index in [1.54, 1.807) is 0 Å². The van der Waals surface area contributed by atoms with E-state index in [2.05, 4.69) is 243 Å². The quantitative estimate of drug-likeness (QED) is 0.152. The van der Waals surface area contributed by atoms with Crippen molar-refractivity contribution in [3.63, 3.8) is 0 Å². The van der Waals surface area contributed by atoms with Crippen LogP contribution in [0.2, 0.25) is 0 Å². The number of fused-ring (bicyclic) bond motifs is 9. The zero-order chi connectivity index (χ0) is 40.7. The van der Waals surface area contributed by atoms with E-state index >= 15 is 0 Å². The third-order valence-electron chi connectivity index (χ3n) is 13.7. The first-order valence-electron chi connectivity index (χ1n) is 21.4. The standard InChI is InChI=1S/C60H43N/c1-59(2)55-23-13-11-21-51(55)53-35-32-47(38-57(53)59)61(46-30-27-40(28-31-46)42-29-34-50-43(37-42)26-25-41-15-9-10-20-49(41)50)48-33-36-54-52-22-12-14-24-56(52)60(58(54)39-48,44-16-5-3-6-17-44)45-18-7-4-8-19-45/h3-39H,1-2H3. The fourth-order valence-electron chi connectivity index (χ4n) is 10.8. The van der Waals surface area contributed by atoms with Gasteiger partial charge in [-0.3, -0.25) is 0 Å². The van der Waals surface area contributed by atoms with Crippen LogP contribution in [0, 0.1) is 0 Å². The molecule has 10 aromatic carbocycles. The van der Waals surface area contributed by atoms with Gasteiger partial charge >= 0.3 is 0 Å². The van der Waals surface area contributed by atoms with Crippen LogP contribution in [0.5, 0.6) is 0 Å². The lowest BCUT2D eigenvalue weighted by Crippen LogP contribution is -2.28. The molecule has 0 saturated heterocycles. The average Bonchev–Trinajstić information content (AvgIpc) is 3.74. The van der Waals surface area contributed by atoms with Crippen LogP contribution in [0.1, 0.15) is 47.2 Å². The van der Waals surface area contributed by atoms with Crippen molar-refractivity contribution in [2.45, 2.75) is 24.7 Å². The molecule has 0 aliphatic heterocycles. The molecule has 0 aromatic heterocycles. The Bertz CT molecular complexity index is 3280. The molecule has 0 fully saturated rings. The Kier molecular flexibility index (Phi) is 7.86. The highest BCUT2D eigenvalue weighted by molar-refractivity contribution is 6.08. The Morgan fingerprint density at radius 1 is 0.311 bits per heavy atom. The highest BCUT2D eigenvalue weighted by Crippen LogP contribution is 2.58. The molecule has 0 spiro atoms. The maximum atomic E-state index is 2.48. The minimum absolute atomic E-state index is 0.131. The van der Waals surface area contributed by atoms with Gasteiger partial charge in [0.2, 0.25) is 0 Å². The Hall–Kier alpha value is -7.48. The molecule has 2 aliphatic rings. The van der Waals surface area contributed by atoms with Crippen LogP contribution in [-0.2, 0) is 10.8 Å². The number of benzene rings is 10. The number of anilines is 3. The highest BCUT2D eigenvalue weighted by atomic mass is 15.1. The monoisotopic (exact) mass is 777 g/mol. The van der Waals surface area contributed by atoms with Gasteiger partial charge in [0.15, 0.2) is 0 Å². The molecule has 2 aliphatic carbocycles. The lowest BCUT2D eigenvalue weighted by Gasteiger charge is -2.35. The maximum absolute atomic E-state index is 2.48. The molecule has 0 saturated carbocycles. The van der Waals surface area contributed by atoms with E-state index < -0.39 is 5.41 Å². The summed E-state index contributed by atoms with van der Waals surface area (Å²) in [6.45, 7) is 4.74. The summed E-state index contributed by atoms with van der Waals surface area (Å²) in [7, 11) is 0. The fourth-order valence-corrected chi connectivity index (χ4v) is 10.8. The largest absolute Gasteiger partial charge is 0.310 e. The topological polar surface area (TPSA) is 3.24 Å². The van der Waals surface area contributed by atoms with Gasteiger partial charge in [-0.1, -0.05) is 196 Å². The van der Waals surface area contributed by atoms with Crippen molar-refractivity contribution < 1.29 is 0 Å². The third kappa shape index (κ3) is 5.27. The van der Waals surface area contributed by atoms with Gasteiger partial charge in [0.1, 0.15) is 0 Å². The Balaban J connectivity index is 1.05. The molecule has 0 N–H and O–H groups in total. The summed E-state index contributed by atoms with van der Waals surface area (Å²) in [5.74, 6) is 0. The van der Waals surface area contributed by atoms with E-state index in [0.717, 1.165) is 17.1 Å². The van der Waals surface area contributed by atoms with Crippen LogP contribution in [0.3, 0.4) is 0 Å². The molecule has 1 heteroatoms. The van der Waals surface area contributed by atoms with Crippen molar-refractivity contribution in [1.82, 2.24) is 0 Å². The van der Waals surface area contributed by atoms with Gasteiger partial charge in [-0.05, 0) is 131 Å². The van der Waals surface area contributed by atoms with Crippen molar-refractivity contribution in [2.75, 3.05) is 4.90 Å². The van der Waals surface area contributed by atoms with Crippen molar-refractivity contribution in [2.24, 2.45) is 0 Å². The normalized spacial score (nSPS) is 14.0. The first kappa shape index (κ1) is 35.5. The van der Waals surface area contributed by atoms with Crippen molar-refractivity contribution in [1.29, 1.82) is 0 Å². The number of hydrogen-bond acceptors (Lipinski definition) is 1. The highest BCUT2D eigenvalue weighted by Gasteiger charge is 2.46. The molecule has 288 valence electrons. The molecule has 0 atom stereocenters. The lowest BCUT2D eigenvalue weighted by molar-refractivity contribution is 0.660. The summed E-state index contributed by atoms with van der Waals surface area (Å²) in [6.07, 6.45) is 0. The van der Waals surface area contributed by atoms with Gasteiger partial charge in [0.05, 0.1) is 5.41 Å². The van der Waals surface area contributed by atoms with E-state index in [1.165, 1.54) is 88.3 Å². The Morgan fingerprint density at radius 2 is 0.803 bits per heavy atom. The van der Waals surface area contributed by atoms with Gasteiger partial charge in [-0.15, -0.1) is 0 Å². The number of rotatable bonds is 6. The molecular weight excluding hydrogens is 735 g/mol. The van der Waals surface area contributed by atoms with Gasteiger partial charge in [0, 0.05) is 22.5 Å². The molecule has 61 heavy (non-hydrogen) atoms. The molecule has 1 nitrogen and oxygen atoms in total.